The lowest BCUT2D eigenvalue weighted by Gasteiger charge is -2.21. The number of carboxylic acids is 1. The molecule has 0 atom stereocenters. The summed E-state index contributed by atoms with van der Waals surface area (Å²) in [7, 11) is 1.64. The summed E-state index contributed by atoms with van der Waals surface area (Å²) in [4.78, 5) is 24.3. The number of benzene rings is 2. The van der Waals surface area contributed by atoms with Crippen LogP contribution in [0.3, 0.4) is 0 Å². The van der Waals surface area contributed by atoms with Gasteiger partial charge >= 0.3 is 11.7 Å². The maximum atomic E-state index is 13.0. The summed E-state index contributed by atoms with van der Waals surface area (Å²) in [6, 6.07) is 15.3. The van der Waals surface area contributed by atoms with Crippen molar-refractivity contribution in [3.05, 3.63) is 82.0 Å². The smallest absolute Gasteiger partial charge is 0.347 e. The van der Waals surface area contributed by atoms with Crippen LogP contribution in [0, 0.1) is 0 Å². The summed E-state index contributed by atoms with van der Waals surface area (Å²) in [5.74, 6) is 0.303. The maximum absolute atomic E-state index is 13.0. The number of nitrogens with zero attached hydrogens (tertiary/aromatic N) is 2. The minimum Gasteiger partial charge on any atom is -0.497 e. The Morgan fingerprint density at radius 2 is 1.76 bits per heavy atom. The van der Waals surface area contributed by atoms with Gasteiger partial charge in [-0.05, 0) is 74.9 Å². The molecule has 0 saturated carbocycles. The fourth-order valence-corrected chi connectivity index (χ4v) is 3.86. The number of aliphatic carboxylic acids is 1. The van der Waals surface area contributed by atoms with Crippen molar-refractivity contribution >= 4 is 5.97 Å². The lowest BCUT2D eigenvalue weighted by molar-refractivity contribution is -0.152. The normalized spacial score (nSPS) is 11.4. The quantitative estimate of drug-likeness (QED) is 0.424. The summed E-state index contributed by atoms with van der Waals surface area (Å²) < 4.78 is 14.5. The van der Waals surface area contributed by atoms with Gasteiger partial charge in [-0.1, -0.05) is 31.2 Å². The fraction of sp³-hybridized carbons (Fsp3) is 0.407. The Bertz CT molecular complexity index is 1160. The van der Waals surface area contributed by atoms with Crippen LogP contribution in [-0.2, 0) is 30.7 Å². The Labute approximate surface area is 200 Å². The van der Waals surface area contributed by atoms with Gasteiger partial charge in [-0.3, -0.25) is 9.13 Å². The van der Waals surface area contributed by atoms with Gasteiger partial charge in [0.1, 0.15) is 11.5 Å². The molecule has 1 heterocycles. The van der Waals surface area contributed by atoms with Crippen molar-refractivity contribution < 1.29 is 19.4 Å². The Hall–Kier alpha value is -3.48. The molecule has 182 valence electrons. The highest BCUT2D eigenvalue weighted by atomic mass is 16.5. The van der Waals surface area contributed by atoms with E-state index >= 15 is 0 Å². The molecule has 1 aromatic heterocycles. The molecule has 2 aromatic carbocycles. The minimum absolute atomic E-state index is 0.0159. The molecular weight excluding hydrogens is 432 g/mol. The van der Waals surface area contributed by atoms with Gasteiger partial charge in [0.25, 0.3) is 0 Å². The predicted octanol–water partition coefficient (Wildman–Crippen LogP) is 4.53. The number of rotatable bonds is 12. The topological polar surface area (TPSA) is 82.7 Å². The number of imidazole rings is 1. The molecule has 0 saturated heterocycles. The molecular formula is C27H34N2O5. The van der Waals surface area contributed by atoms with E-state index in [1.807, 2.05) is 47.2 Å². The number of aryl methyl sites for hydroxylation is 2. The molecule has 0 fully saturated rings. The van der Waals surface area contributed by atoms with E-state index in [4.69, 9.17) is 9.47 Å². The van der Waals surface area contributed by atoms with E-state index in [1.54, 1.807) is 23.8 Å². The molecule has 3 rings (SSSR count). The van der Waals surface area contributed by atoms with Gasteiger partial charge < -0.3 is 14.6 Å². The number of methoxy groups -OCH3 is 1. The number of hydrogen-bond acceptors (Lipinski definition) is 4. The SMILES string of the molecule is CCCn1c(CCCc2ccc(OC(C)(C)C(=O)O)cc2)cn(Cc2cccc(OC)c2)c1=O. The van der Waals surface area contributed by atoms with Crippen LogP contribution in [0.1, 0.15) is 50.4 Å². The third kappa shape index (κ3) is 6.31. The highest BCUT2D eigenvalue weighted by molar-refractivity contribution is 5.76. The van der Waals surface area contributed by atoms with Crippen LogP contribution < -0.4 is 15.2 Å². The Morgan fingerprint density at radius 3 is 2.41 bits per heavy atom. The number of aromatic nitrogens is 2. The van der Waals surface area contributed by atoms with Crippen molar-refractivity contribution in [3.63, 3.8) is 0 Å². The molecule has 0 aliphatic rings. The van der Waals surface area contributed by atoms with E-state index in [0.29, 0.717) is 18.8 Å². The van der Waals surface area contributed by atoms with E-state index in [1.165, 1.54) is 13.8 Å². The lowest BCUT2D eigenvalue weighted by atomic mass is 10.1. The van der Waals surface area contributed by atoms with E-state index in [-0.39, 0.29) is 5.69 Å². The second-order valence-corrected chi connectivity index (χ2v) is 8.95. The average molecular weight is 467 g/mol. The summed E-state index contributed by atoms with van der Waals surface area (Å²) >= 11 is 0. The first-order chi connectivity index (χ1) is 16.2. The molecule has 0 radical (unpaired) electrons. The highest BCUT2D eigenvalue weighted by Gasteiger charge is 2.29. The van der Waals surface area contributed by atoms with Crippen molar-refractivity contribution in [3.8, 4) is 11.5 Å². The predicted molar refractivity (Wildman–Crippen MR) is 132 cm³/mol. The van der Waals surface area contributed by atoms with Gasteiger partial charge in [0.05, 0.1) is 13.7 Å². The molecule has 7 heteroatoms. The van der Waals surface area contributed by atoms with Crippen LogP contribution in [0.25, 0.3) is 0 Å². The van der Waals surface area contributed by atoms with Gasteiger partial charge in [-0.25, -0.2) is 9.59 Å². The maximum Gasteiger partial charge on any atom is 0.347 e. The first-order valence-corrected chi connectivity index (χ1v) is 11.7. The number of hydrogen-bond donors (Lipinski definition) is 1. The highest BCUT2D eigenvalue weighted by Crippen LogP contribution is 2.20. The lowest BCUT2D eigenvalue weighted by Crippen LogP contribution is -2.37. The van der Waals surface area contributed by atoms with Gasteiger partial charge in [-0.15, -0.1) is 0 Å². The zero-order chi connectivity index (χ0) is 24.7. The van der Waals surface area contributed by atoms with Crippen LogP contribution in [0.4, 0.5) is 0 Å². The molecule has 7 nitrogen and oxygen atoms in total. The largest absolute Gasteiger partial charge is 0.497 e. The number of carbonyl (C=O) groups is 1. The zero-order valence-corrected chi connectivity index (χ0v) is 20.4. The van der Waals surface area contributed by atoms with Gasteiger partial charge in [-0.2, -0.15) is 0 Å². The van der Waals surface area contributed by atoms with E-state index in [9.17, 15) is 14.7 Å². The second-order valence-electron chi connectivity index (χ2n) is 8.95. The van der Waals surface area contributed by atoms with Gasteiger partial charge in [0.2, 0.25) is 0 Å². The van der Waals surface area contributed by atoms with E-state index < -0.39 is 11.6 Å². The van der Waals surface area contributed by atoms with Gasteiger partial charge in [0.15, 0.2) is 5.60 Å². The summed E-state index contributed by atoms with van der Waals surface area (Å²) in [6.07, 6.45) is 5.41. The number of carboxylic acid groups (broad SMARTS) is 1. The summed E-state index contributed by atoms with van der Waals surface area (Å²) in [6.45, 7) is 6.34. The summed E-state index contributed by atoms with van der Waals surface area (Å²) in [5.41, 5.74) is 1.94. The van der Waals surface area contributed by atoms with Crippen LogP contribution in [0.5, 0.6) is 11.5 Å². The Balaban J connectivity index is 1.65. The first kappa shape index (κ1) is 25.1. The second kappa shape index (κ2) is 11.1. The molecule has 0 aliphatic carbocycles. The van der Waals surface area contributed by atoms with Crippen LogP contribution in [0.15, 0.2) is 59.5 Å². The number of ether oxygens (including phenoxy) is 2. The minimum atomic E-state index is -1.28. The van der Waals surface area contributed by atoms with Gasteiger partial charge in [0, 0.05) is 18.4 Å². The molecule has 0 unspecified atom stereocenters. The monoisotopic (exact) mass is 466 g/mol. The standard InChI is InChI=1S/C27H34N2O5/c1-5-16-29-22(19-28(26(29)32)18-21-9-7-11-24(17-21)33-4)10-6-8-20-12-14-23(15-13-20)34-27(2,3)25(30)31/h7,9,11-15,17,19H,5-6,8,10,16,18H2,1-4H3,(H,30,31). The van der Waals surface area contributed by atoms with Crippen molar-refractivity contribution in [1.29, 1.82) is 0 Å². The third-order valence-corrected chi connectivity index (χ3v) is 5.77. The fourth-order valence-electron chi connectivity index (χ4n) is 3.86. The van der Waals surface area contributed by atoms with Crippen molar-refractivity contribution in [1.82, 2.24) is 9.13 Å². The average Bonchev–Trinajstić information content (AvgIpc) is 3.09. The third-order valence-electron chi connectivity index (χ3n) is 5.77. The summed E-state index contributed by atoms with van der Waals surface area (Å²) in [5, 5.41) is 9.21. The molecule has 1 N–H and O–H groups in total. The van der Waals surface area contributed by atoms with Crippen LogP contribution >= 0.6 is 0 Å². The van der Waals surface area contributed by atoms with E-state index in [0.717, 1.165) is 48.3 Å². The van der Waals surface area contributed by atoms with E-state index in [2.05, 4.69) is 6.92 Å². The van der Waals surface area contributed by atoms with Crippen molar-refractivity contribution in [2.75, 3.05) is 7.11 Å². The Kier molecular flexibility index (Phi) is 8.21. The molecule has 0 bridgehead atoms. The van der Waals surface area contributed by atoms with Crippen molar-refractivity contribution in [2.45, 2.75) is 65.1 Å². The van der Waals surface area contributed by atoms with Crippen LogP contribution in [0.2, 0.25) is 0 Å². The van der Waals surface area contributed by atoms with Crippen LogP contribution in [-0.4, -0.2) is 32.9 Å². The zero-order valence-electron chi connectivity index (χ0n) is 20.4. The van der Waals surface area contributed by atoms with Crippen molar-refractivity contribution in [2.24, 2.45) is 0 Å². The molecule has 0 spiro atoms. The Morgan fingerprint density at radius 1 is 1.03 bits per heavy atom. The molecule has 34 heavy (non-hydrogen) atoms. The molecule has 0 amide bonds. The first-order valence-electron chi connectivity index (χ1n) is 11.7. The molecule has 3 aromatic rings. The molecule has 0 aliphatic heterocycles.